The number of para-hydroxylation sites is 1. The van der Waals surface area contributed by atoms with Gasteiger partial charge >= 0.3 is 0 Å². The number of amides is 1. The number of benzene rings is 2. The number of thiophene rings is 1. The van der Waals surface area contributed by atoms with E-state index in [0.717, 1.165) is 16.2 Å². The molecule has 0 bridgehead atoms. The number of H-pyrrole nitrogens is 1. The second-order valence-corrected chi connectivity index (χ2v) is 8.78. The molecule has 0 unspecified atom stereocenters. The molecule has 2 N–H and O–H groups in total. The fourth-order valence-electron chi connectivity index (χ4n) is 2.87. The number of rotatable bonds is 6. The summed E-state index contributed by atoms with van der Waals surface area (Å²) in [6.45, 7) is 3.89. The van der Waals surface area contributed by atoms with E-state index in [0.29, 0.717) is 26.8 Å². The summed E-state index contributed by atoms with van der Waals surface area (Å²) >= 11 is 2.69. The molecule has 30 heavy (non-hydrogen) atoms. The van der Waals surface area contributed by atoms with Crippen LogP contribution >= 0.6 is 23.1 Å². The van der Waals surface area contributed by atoms with Crippen molar-refractivity contribution in [3.8, 4) is 11.5 Å². The summed E-state index contributed by atoms with van der Waals surface area (Å²) in [5.41, 5.74) is 1.46. The van der Waals surface area contributed by atoms with E-state index in [2.05, 4.69) is 15.3 Å². The third-order valence-corrected chi connectivity index (χ3v) is 6.45. The molecule has 2 aromatic carbocycles. The Morgan fingerprint density at radius 1 is 1.10 bits per heavy atom. The van der Waals surface area contributed by atoms with Crippen LogP contribution in [0.15, 0.2) is 64.5 Å². The minimum atomic E-state index is -0.182. The van der Waals surface area contributed by atoms with Crippen LogP contribution in [0.2, 0.25) is 0 Å². The van der Waals surface area contributed by atoms with E-state index in [1.54, 1.807) is 24.3 Å². The molecule has 0 aliphatic heterocycles. The molecule has 4 aromatic rings. The highest BCUT2D eigenvalue weighted by molar-refractivity contribution is 7.99. The van der Waals surface area contributed by atoms with Crippen LogP contribution in [0.4, 0.5) is 5.69 Å². The topological polar surface area (TPSA) is 84.1 Å². The first-order chi connectivity index (χ1) is 14.5. The number of hydrogen-bond donors (Lipinski definition) is 2. The molecule has 0 atom stereocenters. The summed E-state index contributed by atoms with van der Waals surface area (Å²) in [7, 11) is 0. The first-order valence-corrected chi connectivity index (χ1v) is 11.1. The fraction of sp³-hybridized carbons (Fsp3) is 0.136. The number of carbonyl (C=O) groups is 1. The predicted octanol–water partition coefficient (Wildman–Crippen LogP) is 5.12. The summed E-state index contributed by atoms with van der Waals surface area (Å²) in [4.78, 5) is 33.6. The van der Waals surface area contributed by atoms with Crippen LogP contribution in [-0.2, 0) is 4.79 Å². The molecule has 0 radical (unpaired) electrons. The van der Waals surface area contributed by atoms with Crippen LogP contribution in [0.1, 0.15) is 10.4 Å². The zero-order valence-corrected chi connectivity index (χ0v) is 18.0. The Kier molecular flexibility index (Phi) is 5.87. The van der Waals surface area contributed by atoms with Crippen molar-refractivity contribution < 1.29 is 9.53 Å². The molecule has 0 spiro atoms. The van der Waals surface area contributed by atoms with Crippen LogP contribution in [0, 0.1) is 13.8 Å². The molecular formula is C22H19N3O3S2. The number of carbonyl (C=O) groups excluding carboxylic acids is 1. The van der Waals surface area contributed by atoms with Gasteiger partial charge in [0.2, 0.25) is 5.91 Å². The molecule has 2 aromatic heterocycles. The minimum absolute atomic E-state index is 0.139. The van der Waals surface area contributed by atoms with Gasteiger partial charge in [-0.05, 0) is 55.8 Å². The molecular weight excluding hydrogens is 418 g/mol. The van der Waals surface area contributed by atoms with Crippen molar-refractivity contribution in [3.05, 3.63) is 75.4 Å². The van der Waals surface area contributed by atoms with E-state index >= 15 is 0 Å². The molecule has 8 heteroatoms. The van der Waals surface area contributed by atoms with Gasteiger partial charge in [-0.3, -0.25) is 9.59 Å². The van der Waals surface area contributed by atoms with Crippen molar-refractivity contribution in [2.45, 2.75) is 19.0 Å². The molecule has 152 valence electrons. The Labute approximate surface area is 181 Å². The second-order valence-electron chi connectivity index (χ2n) is 6.61. The van der Waals surface area contributed by atoms with Crippen LogP contribution in [-0.4, -0.2) is 21.6 Å². The Morgan fingerprint density at radius 2 is 1.80 bits per heavy atom. The fourth-order valence-corrected chi connectivity index (χ4v) is 4.61. The van der Waals surface area contributed by atoms with Crippen molar-refractivity contribution in [1.29, 1.82) is 0 Å². The highest BCUT2D eigenvalue weighted by Gasteiger charge is 2.13. The van der Waals surface area contributed by atoms with E-state index in [9.17, 15) is 9.59 Å². The predicted molar refractivity (Wildman–Crippen MR) is 122 cm³/mol. The number of hydrogen-bond acceptors (Lipinski definition) is 6. The SMILES string of the molecule is Cc1sc2nc(SCC(=O)Nc3ccc(Oc4ccccc4)cc3)[nH]c(=O)c2c1C. The summed E-state index contributed by atoms with van der Waals surface area (Å²) in [5, 5.41) is 3.90. The van der Waals surface area contributed by atoms with Crippen molar-refractivity contribution in [2.75, 3.05) is 11.1 Å². The zero-order valence-electron chi connectivity index (χ0n) is 16.4. The van der Waals surface area contributed by atoms with Gasteiger partial charge in [0.05, 0.1) is 11.1 Å². The third kappa shape index (κ3) is 4.55. The number of thioether (sulfide) groups is 1. The Balaban J connectivity index is 1.36. The molecule has 6 nitrogen and oxygen atoms in total. The Morgan fingerprint density at radius 3 is 2.53 bits per heavy atom. The molecule has 0 saturated heterocycles. The van der Waals surface area contributed by atoms with E-state index < -0.39 is 0 Å². The van der Waals surface area contributed by atoms with E-state index in [-0.39, 0.29) is 17.2 Å². The standard InChI is InChI=1S/C22H19N3O3S2/c1-13-14(2)30-21-19(13)20(27)24-22(25-21)29-12-18(26)23-15-8-10-17(11-9-15)28-16-6-4-3-5-7-16/h3-11H,12H2,1-2H3,(H,23,26)(H,24,25,27). The largest absolute Gasteiger partial charge is 0.457 e. The lowest BCUT2D eigenvalue weighted by Crippen LogP contribution is -2.15. The second kappa shape index (κ2) is 8.73. The van der Waals surface area contributed by atoms with Crippen molar-refractivity contribution in [3.63, 3.8) is 0 Å². The Hall–Kier alpha value is -3.10. The van der Waals surface area contributed by atoms with Gasteiger partial charge in [0.1, 0.15) is 16.3 Å². The normalized spacial score (nSPS) is 10.9. The maximum absolute atomic E-state index is 12.3. The number of nitrogens with zero attached hydrogens (tertiary/aromatic N) is 1. The molecule has 2 heterocycles. The van der Waals surface area contributed by atoms with Crippen molar-refractivity contribution in [2.24, 2.45) is 0 Å². The van der Waals surface area contributed by atoms with Gasteiger partial charge in [-0.2, -0.15) is 0 Å². The van der Waals surface area contributed by atoms with Crippen molar-refractivity contribution >= 4 is 44.9 Å². The number of aromatic nitrogens is 2. The number of nitrogens with one attached hydrogen (secondary N) is 2. The van der Waals surface area contributed by atoms with Gasteiger partial charge in [-0.15, -0.1) is 11.3 Å². The maximum Gasteiger partial charge on any atom is 0.260 e. The van der Waals surface area contributed by atoms with Gasteiger partial charge in [-0.1, -0.05) is 30.0 Å². The van der Waals surface area contributed by atoms with Gasteiger partial charge in [-0.25, -0.2) is 4.98 Å². The summed E-state index contributed by atoms with van der Waals surface area (Å²) in [6, 6.07) is 16.6. The highest BCUT2D eigenvalue weighted by atomic mass is 32.2. The van der Waals surface area contributed by atoms with Crippen LogP contribution < -0.4 is 15.6 Å². The quantitative estimate of drug-likeness (QED) is 0.323. The van der Waals surface area contributed by atoms with E-state index in [1.807, 2.05) is 44.2 Å². The molecule has 4 rings (SSSR count). The van der Waals surface area contributed by atoms with Crippen molar-refractivity contribution in [1.82, 2.24) is 9.97 Å². The Bertz CT molecular complexity index is 1250. The monoisotopic (exact) mass is 437 g/mol. The summed E-state index contributed by atoms with van der Waals surface area (Å²) in [6.07, 6.45) is 0. The van der Waals surface area contributed by atoms with Crippen LogP contribution in [0.5, 0.6) is 11.5 Å². The van der Waals surface area contributed by atoms with E-state index in [4.69, 9.17) is 4.74 Å². The minimum Gasteiger partial charge on any atom is -0.457 e. The lowest BCUT2D eigenvalue weighted by molar-refractivity contribution is -0.113. The summed E-state index contributed by atoms with van der Waals surface area (Å²) in [5.74, 6) is 1.39. The average molecular weight is 438 g/mol. The van der Waals surface area contributed by atoms with E-state index in [1.165, 1.54) is 23.1 Å². The number of aromatic amines is 1. The molecule has 1 amide bonds. The lowest BCUT2D eigenvalue weighted by atomic mass is 10.2. The average Bonchev–Trinajstić information content (AvgIpc) is 3.03. The molecule has 0 aliphatic carbocycles. The van der Waals surface area contributed by atoms with Gasteiger partial charge in [0.15, 0.2) is 5.16 Å². The number of ether oxygens (including phenoxy) is 1. The van der Waals surface area contributed by atoms with Gasteiger partial charge < -0.3 is 15.0 Å². The number of aryl methyl sites for hydroxylation is 2. The first-order valence-electron chi connectivity index (χ1n) is 9.25. The molecule has 0 aliphatic rings. The maximum atomic E-state index is 12.3. The highest BCUT2D eigenvalue weighted by Crippen LogP contribution is 2.27. The lowest BCUT2D eigenvalue weighted by Gasteiger charge is -2.08. The first kappa shape index (κ1) is 20.2. The summed E-state index contributed by atoms with van der Waals surface area (Å²) < 4.78 is 5.74. The third-order valence-electron chi connectivity index (χ3n) is 4.47. The number of anilines is 1. The molecule has 0 saturated carbocycles. The smallest absolute Gasteiger partial charge is 0.260 e. The van der Waals surface area contributed by atoms with Gasteiger partial charge in [0.25, 0.3) is 5.56 Å². The van der Waals surface area contributed by atoms with Gasteiger partial charge in [0, 0.05) is 10.6 Å². The number of fused-ring (bicyclic) bond motifs is 1. The molecule has 0 fully saturated rings. The van der Waals surface area contributed by atoms with Crippen LogP contribution in [0.3, 0.4) is 0 Å². The zero-order chi connectivity index (χ0) is 21.1. The van der Waals surface area contributed by atoms with Crippen LogP contribution in [0.25, 0.3) is 10.2 Å².